The Kier molecular flexibility index (Phi) is 7.08. The van der Waals surface area contributed by atoms with Crippen LogP contribution in [0.1, 0.15) is 12.0 Å². The molecular weight excluding hydrogens is 428 g/mol. The molecule has 4 aromatic rings. The molecule has 2 amide bonds. The van der Waals surface area contributed by atoms with E-state index in [1.807, 2.05) is 60.7 Å². The molecule has 4 aromatic carbocycles. The normalized spacial score (nSPS) is 11.6. The molecule has 34 heavy (non-hydrogen) atoms. The number of amides is 2. The van der Waals surface area contributed by atoms with Crippen molar-refractivity contribution in [2.24, 2.45) is 11.7 Å². The fourth-order valence-electron chi connectivity index (χ4n) is 3.85. The topological polar surface area (TPSA) is 90.7 Å². The summed E-state index contributed by atoms with van der Waals surface area (Å²) in [5.41, 5.74) is 7.24. The number of fused-ring (bicyclic) bond motifs is 1. The number of carbonyl (C=O) groups is 2. The average molecular weight is 455 g/mol. The van der Waals surface area contributed by atoms with Crippen LogP contribution in [0, 0.1) is 5.92 Å². The predicted octanol–water partition coefficient (Wildman–Crippen LogP) is 5.31. The van der Waals surface area contributed by atoms with Gasteiger partial charge in [0.25, 0.3) is 0 Å². The number of carbonyl (C=O) groups excluding carboxylic acids is 2. The molecule has 0 spiro atoms. The molecule has 0 radical (unpaired) electrons. The van der Waals surface area contributed by atoms with Crippen molar-refractivity contribution in [3.05, 3.63) is 96.6 Å². The first-order valence-corrected chi connectivity index (χ1v) is 11.0. The Bertz CT molecular complexity index is 1300. The molecule has 0 heterocycles. The van der Waals surface area contributed by atoms with Crippen LogP contribution in [0.3, 0.4) is 0 Å². The first-order chi connectivity index (χ1) is 16.5. The van der Waals surface area contributed by atoms with Gasteiger partial charge >= 0.3 is 0 Å². The van der Waals surface area contributed by atoms with Crippen LogP contribution in [0.4, 0.5) is 5.69 Å². The van der Waals surface area contributed by atoms with Crippen LogP contribution in [0.5, 0.6) is 17.2 Å². The lowest BCUT2D eigenvalue weighted by Crippen LogP contribution is -2.29. The van der Waals surface area contributed by atoms with Crippen LogP contribution < -0.4 is 20.5 Å². The number of methoxy groups -OCH3 is 1. The van der Waals surface area contributed by atoms with Crippen LogP contribution in [-0.4, -0.2) is 18.9 Å². The Hall–Kier alpha value is -4.32. The highest BCUT2D eigenvalue weighted by molar-refractivity contribution is 5.94. The summed E-state index contributed by atoms with van der Waals surface area (Å²) < 4.78 is 11.0. The third-order valence-electron chi connectivity index (χ3n) is 5.60. The lowest BCUT2D eigenvalue weighted by atomic mass is 9.92. The van der Waals surface area contributed by atoms with E-state index < -0.39 is 11.8 Å². The molecular formula is C28H26N2O4. The minimum absolute atomic E-state index is 0.000611. The maximum Gasteiger partial charge on any atom is 0.225 e. The van der Waals surface area contributed by atoms with Gasteiger partial charge in [-0.15, -0.1) is 0 Å². The molecule has 6 nitrogen and oxygen atoms in total. The van der Waals surface area contributed by atoms with E-state index >= 15 is 0 Å². The molecule has 172 valence electrons. The maximum absolute atomic E-state index is 12.7. The van der Waals surface area contributed by atoms with E-state index in [1.165, 1.54) is 0 Å². The number of benzene rings is 4. The van der Waals surface area contributed by atoms with Crippen molar-refractivity contribution in [3.8, 4) is 17.2 Å². The molecule has 0 saturated heterocycles. The van der Waals surface area contributed by atoms with Crippen molar-refractivity contribution in [2.75, 3.05) is 12.4 Å². The van der Waals surface area contributed by atoms with Gasteiger partial charge in [0.1, 0.15) is 17.2 Å². The van der Waals surface area contributed by atoms with Gasteiger partial charge in [-0.2, -0.15) is 0 Å². The Morgan fingerprint density at radius 1 is 0.853 bits per heavy atom. The number of nitrogens with one attached hydrogen (secondary N) is 1. The minimum Gasteiger partial charge on any atom is -0.497 e. The van der Waals surface area contributed by atoms with E-state index in [1.54, 1.807) is 37.4 Å². The van der Waals surface area contributed by atoms with E-state index in [4.69, 9.17) is 15.2 Å². The Morgan fingerprint density at radius 3 is 2.32 bits per heavy atom. The lowest BCUT2D eigenvalue weighted by molar-refractivity contribution is -0.126. The van der Waals surface area contributed by atoms with Crippen LogP contribution in [0.25, 0.3) is 10.8 Å². The van der Waals surface area contributed by atoms with Crippen LogP contribution in [0.2, 0.25) is 0 Å². The second-order valence-corrected chi connectivity index (χ2v) is 8.00. The molecule has 0 bridgehead atoms. The fourth-order valence-corrected chi connectivity index (χ4v) is 3.85. The van der Waals surface area contributed by atoms with Crippen LogP contribution in [0.15, 0.2) is 91.0 Å². The van der Waals surface area contributed by atoms with E-state index in [0.717, 1.165) is 16.3 Å². The summed E-state index contributed by atoms with van der Waals surface area (Å²) >= 11 is 0. The number of ether oxygens (including phenoxy) is 2. The second-order valence-electron chi connectivity index (χ2n) is 8.00. The summed E-state index contributed by atoms with van der Waals surface area (Å²) in [4.78, 5) is 24.8. The first kappa shape index (κ1) is 22.9. The van der Waals surface area contributed by atoms with Gasteiger partial charge in [-0.3, -0.25) is 9.59 Å². The molecule has 0 aliphatic rings. The van der Waals surface area contributed by atoms with Gasteiger partial charge in [-0.05, 0) is 59.2 Å². The van der Waals surface area contributed by atoms with Crippen molar-refractivity contribution in [1.82, 2.24) is 0 Å². The van der Waals surface area contributed by atoms with E-state index in [-0.39, 0.29) is 12.3 Å². The van der Waals surface area contributed by atoms with Crippen molar-refractivity contribution < 1.29 is 19.1 Å². The quantitative estimate of drug-likeness (QED) is 0.358. The zero-order chi connectivity index (χ0) is 23.9. The van der Waals surface area contributed by atoms with E-state index in [2.05, 4.69) is 5.32 Å². The van der Waals surface area contributed by atoms with Gasteiger partial charge in [0, 0.05) is 18.2 Å². The molecule has 1 unspecified atom stereocenters. The van der Waals surface area contributed by atoms with Crippen molar-refractivity contribution in [2.45, 2.75) is 12.8 Å². The molecule has 0 fully saturated rings. The molecule has 0 aromatic heterocycles. The summed E-state index contributed by atoms with van der Waals surface area (Å²) in [5.74, 6) is 0.595. The number of rotatable bonds is 9. The molecule has 0 aliphatic carbocycles. The Labute approximate surface area is 198 Å². The molecule has 0 aliphatic heterocycles. The summed E-state index contributed by atoms with van der Waals surface area (Å²) in [5, 5.41) is 4.98. The van der Waals surface area contributed by atoms with E-state index in [9.17, 15) is 9.59 Å². The summed E-state index contributed by atoms with van der Waals surface area (Å²) in [6.45, 7) is 0. The summed E-state index contributed by atoms with van der Waals surface area (Å²) in [7, 11) is 1.60. The average Bonchev–Trinajstić information content (AvgIpc) is 2.85. The third kappa shape index (κ3) is 5.72. The maximum atomic E-state index is 12.7. The monoisotopic (exact) mass is 454 g/mol. The smallest absolute Gasteiger partial charge is 0.225 e. The lowest BCUT2D eigenvalue weighted by Gasteiger charge is -2.15. The number of primary amides is 1. The van der Waals surface area contributed by atoms with Crippen molar-refractivity contribution in [3.63, 3.8) is 0 Å². The van der Waals surface area contributed by atoms with Gasteiger partial charge in [0.05, 0.1) is 13.0 Å². The van der Waals surface area contributed by atoms with Gasteiger partial charge in [-0.25, -0.2) is 0 Å². The first-order valence-electron chi connectivity index (χ1n) is 11.0. The SMILES string of the molecule is COc1cccc(Oc2ccc(NC(=O)CC(Cc3cccc4ccccc34)C(N)=O)cc2)c1. The highest BCUT2D eigenvalue weighted by Crippen LogP contribution is 2.27. The molecule has 3 N–H and O–H groups in total. The Balaban J connectivity index is 1.38. The van der Waals surface area contributed by atoms with Gasteiger partial charge < -0.3 is 20.5 Å². The van der Waals surface area contributed by atoms with Gasteiger partial charge in [0.2, 0.25) is 11.8 Å². The fraction of sp³-hybridized carbons (Fsp3) is 0.143. The largest absolute Gasteiger partial charge is 0.497 e. The standard InChI is InChI=1S/C28H26N2O4/c1-33-24-9-5-10-25(18-24)34-23-14-12-22(13-15-23)30-27(31)17-21(28(29)32)16-20-8-4-7-19-6-2-3-11-26(19)20/h2-15,18,21H,16-17H2,1H3,(H2,29,32)(H,30,31). The van der Waals surface area contributed by atoms with Crippen molar-refractivity contribution >= 4 is 28.3 Å². The molecule has 4 rings (SSSR count). The van der Waals surface area contributed by atoms with Gasteiger partial charge in [-0.1, -0.05) is 48.5 Å². The van der Waals surface area contributed by atoms with E-state index in [0.29, 0.717) is 29.4 Å². The minimum atomic E-state index is -0.610. The number of nitrogens with two attached hydrogens (primary N) is 1. The number of hydrogen-bond acceptors (Lipinski definition) is 4. The van der Waals surface area contributed by atoms with Crippen LogP contribution >= 0.6 is 0 Å². The predicted molar refractivity (Wildman–Crippen MR) is 133 cm³/mol. The van der Waals surface area contributed by atoms with Crippen molar-refractivity contribution in [1.29, 1.82) is 0 Å². The summed E-state index contributed by atoms with van der Waals surface area (Å²) in [6, 6.07) is 28.2. The number of anilines is 1. The Morgan fingerprint density at radius 2 is 1.56 bits per heavy atom. The zero-order valence-corrected chi connectivity index (χ0v) is 18.9. The molecule has 0 saturated carbocycles. The summed E-state index contributed by atoms with van der Waals surface area (Å²) in [6.07, 6.45) is 0.401. The third-order valence-corrected chi connectivity index (χ3v) is 5.60. The van der Waals surface area contributed by atoms with Gasteiger partial charge in [0.15, 0.2) is 0 Å². The second kappa shape index (κ2) is 10.5. The zero-order valence-electron chi connectivity index (χ0n) is 18.9. The number of hydrogen-bond donors (Lipinski definition) is 2. The molecule has 1 atom stereocenters. The highest BCUT2D eigenvalue weighted by atomic mass is 16.5. The molecule has 6 heteroatoms. The van der Waals surface area contributed by atoms with Crippen LogP contribution in [-0.2, 0) is 16.0 Å². The highest BCUT2D eigenvalue weighted by Gasteiger charge is 2.21.